The highest BCUT2D eigenvalue weighted by atomic mass is 16.8. The van der Waals surface area contributed by atoms with Gasteiger partial charge in [-0.2, -0.15) is 0 Å². The molecule has 26 unspecified atom stereocenters. The van der Waals surface area contributed by atoms with Crippen molar-refractivity contribution in [1.82, 2.24) is 0 Å². The molecule has 0 aromatic rings. The minimum atomic E-state index is -1.86. The van der Waals surface area contributed by atoms with Crippen LogP contribution in [0.4, 0.5) is 0 Å². The highest BCUT2D eigenvalue weighted by Crippen LogP contribution is 2.76. The van der Waals surface area contributed by atoms with Crippen molar-refractivity contribution in [2.45, 2.75) is 222 Å². The SMILES string of the molecule is CC(C)(O)/C=C/CC(C)(OC1OC(CO)C(O)C(O)C1O)C1CCC2(C)C1C(O)CC1C3(C)CC(O)C(OC4OC(CO)C(O)C(O)C4OC4OC(CO)C(O)C(O)C4O)C(C)(C)C3CCC12C. The second kappa shape index (κ2) is 19.7. The van der Waals surface area contributed by atoms with Crippen LogP contribution in [0.15, 0.2) is 12.2 Å². The van der Waals surface area contributed by atoms with Crippen molar-refractivity contribution in [1.29, 1.82) is 0 Å². The number of ether oxygens (including phenoxy) is 6. The Bertz CT molecular complexity index is 1750. The van der Waals surface area contributed by atoms with Crippen LogP contribution in [0.2, 0.25) is 0 Å². The van der Waals surface area contributed by atoms with Gasteiger partial charge < -0.3 is 99.9 Å². The number of hydrogen-bond acceptors (Lipinski definition) is 20. The zero-order valence-electron chi connectivity index (χ0n) is 40.6. The molecule has 4 aliphatic carbocycles. The summed E-state index contributed by atoms with van der Waals surface area (Å²) in [5.41, 5.74) is -4.59. The predicted octanol–water partition coefficient (Wildman–Crippen LogP) is -2.09. The number of aliphatic hydroxyl groups is 14. The lowest BCUT2D eigenvalue weighted by Crippen LogP contribution is -2.70. The average molecular weight is 979 g/mol. The molecule has 7 fully saturated rings. The van der Waals surface area contributed by atoms with Crippen LogP contribution in [0, 0.1) is 45.3 Å². The molecule has 3 saturated heterocycles. The number of hydrogen-bond donors (Lipinski definition) is 14. The molecule has 0 amide bonds. The molecule has 20 heteroatoms. The average Bonchev–Trinajstić information content (AvgIpc) is 3.65. The van der Waals surface area contributed by atoms with Crippen molar-refractivity contribution in [3.8, 4) is 0 Å². The zero-order chi connectivity index (χ0) is 50.4. The Morgan fingerprint density at radius 2 is 1.10 bits per heavy atom. The molecule has 3 aliphatic heterocycles. The van der Waals surface area contributed by atoms with Gasteiger partial charge in [0.05, 0.1) is 49.3 Å². The standard InChI is InChI=1S/C48H82O20/c1-43(2,62)12-9-13-48(8,68-41-37(61)34(58)31(55)25(19-50)64-41)21-10-14-47(7)29(21)22(52)16-28-45(5)17-23(53)39(44(3,4)27(45)11-15-46(28,47)6)67-42-38(35(59)32(56)26(20-51)65-42)66-40-36(60)33(57)30(54)24(18-49)63-40/h9,12,21-42,49-62H,10-11,13-20H2,1-8H3/b12-9+. The highest BCUT2D eigenvalue weighted by Gasteiger charge is 2.73. The van der Waals surface area contributed by atoms with E-state index in [-0.39, 0.29) is 36.5 Å². The first-order valence-corrected chi connectivity index (χ1v) is 24.5. The van der Waals surface area contributed by atoms with Gasteiger partial charge in [0.2, 0.25) is 0 Å². The van der Waals surface area contributed by atoms with Crippen molar-refractivity contribution < 1.29 is 99.9 Å². The van der Waals surface area contributed by atoms with E-state index in [4.69, 9.17) is 28.4 Å². The number of aliphatic hydroxyl groups excluding tert-OH is 13. The third-order valence-electron chi connectivity index (χ3n) is 18.6. The molecule has 7 aliphatic rings. The molecule has 7 rings (SSSR count). The van der Waals surface area contributed by atoms with Crippen LogP contribution >= 0.6 is 0 Å². The van der Waals surface area contributed by atoms with Gasteiger partial charge in [0.15, 0.2) is 18.9 Å². The van der Waals surface area contributed by atoms with Crippen molar-refractivity contribution in [3.05, 3.63) is 12.2 Å². The van der Waals surface area contributed by atoms with Gasteiger partial charge in [0.1, 0.15) is 73.2 Å². The lowest BCUT2D eigenvalue weighted by Gasteiger charge is -2.71. The van der Waals surface area contributed by atoms with E-state index in [9.17, 15) is 71.5 Å². The van der Waals surface area contributed by atoms with Crippen molar-refractivity contribution in [3.63, 3.8) is 0 Å². The van der Waals surface area contributed by atoms with E-state index in [1.54, 1.807) is 26.0 Å². The molecule has 68 heavy (non-hydrogen) atoms. The Kier molecular flexibility index (Phi) is 15.8. The fourth-order valence-corrected chi connectivity index (χ4v) is 14.9. The lowest BCUT2D eigenvalue weighted by molar-refractivity contribution is -0.383. The summed E-state index contributed by atoms with van der Waals surface area (Å²) in [5.74, 6) is -0.899. The summed E-state index contributed by atoms with van der Waals surface area (Å²) in [4.78, 5) is 0. The molecule has 0 aromatic carbocycles. The molecule has 3 heterocycles. The van der Waals surface area contributed by atoms with Gasteiger partial charge in [-0.25, -0.2) is 0 Å². The fraction of sp³-hybridized carbons (Fsp3) is 0.958. The fourth-order valence-electron chi connectivity index (χ4n) is 14.9. The maximum Gasteiger partial charge on any atom is 0.187 e. The normalized spacial score (nSPS) is 52.8. The van der Waals surface area contributed by atoms with Gasteiger partial charge in [-0.1, -0.05) is 46.8 Å². The summed E-state index contributed by atoms with van der Waals surface area (Å²) in [6, 6.07) is 0. The van der Waals surface area contributed by atoms with Gasteiger partial charge >= 0.3 is 0 Å². The second-order valence-electron chi connectivity index (χ2n) is 23.5. The zero-order valence-corrected chi connectivity index (χ0v) is 40.6. The van der Waals surface area contributed by atoms with Crippen LogP contribution < -0.4 is 0 Å². The van der Waals surface area contributed by atoms with Gasteiger partial charge in [-0.05, 0) is 111 Å². The third-order valence-corrected chi connectivity index (χ3v) is 18.6. The maximum atomic E-state index is 12.7. The molecule has 0 radical (unpaired) electrons. The van der Waals surface area contributed by atoms with Gasteiger partial charge in [-0.3, -0.25) is 0 Å². The van der Waals surface area contributed by atoms with E-state index < -0.39 is 163 Å². The summed E-state index contributed by atoms with van der Waals surface area (Å²) in [5, 5.41) is 152. The minimum Gasteiger partial charge on any atom is -0.394 e. The molecule has 4 saturated carbocycles. The largest absolute Gasteiger partial charge is 0.394 e. The van der Waals surface area contributed by atoms with E-state index >= 15 is 0 Å². The molecule has 20 nitrogen and oxygen atoms in total. The Hall–Kier alpha value is -1.06. The summed E-state index contributed by atoms with van der Waals surface area (Å²) in [6.45, 7) is 13.7. The molecule has 14 N–H and O–H groups in total. The lowest BCUT2D eigenvalue weighted by atomic mass is 9.35. The van der Waals surface area contributed by atoms with E-state index in [2.05, 4.69) is 20.8 Å². The highest BCUT2D eigenvalue weighted by molar-refractivity contribution is 5.21. The third kappa shape index (κ3) is 9.19. The van der Waals surface area contributed by atoms with E-state index in [0.717, 1.165) is 6.42 Å². The molecule has 0 spiro atoms. The Balaban J connectivity index is 1.16. The molecule has 394 valence electrons. The summed E-state index contributed by atoms with van der Waals surface area (Å²) in [7, 11) is 0. The number of fused-ring (bicyclic) bond motifs is 5. The summed E-state index contributed by atoms with van der Waals surface area (Å²) < 4.78 is 36.7. The van der Waals surface area contributed by atoms with Crippen molar-refractivity contribution in [2.75, 3.05) is 19.8 Å². The first-order valence-electron chi connectivity index (χ1n) is 24.5. The van der Waals surface area contributed by atoms with Crippen molar-refractivity contribution >= 4 is 0 Å². The van der Waals surface area contributed by atoms with E-state index in [1.807, 2.05) is 20.8 Å². The van der Waals surface area contributed by atoms with Gasteiger partial charge in [0, 0.05) is 0 Å². The molecule has 0 aromatic heterocycles. The van der Waals surface area contributed by atoms with E-state index in [1.165, 1.54) is 0 Å². The second-order valence-corrected chi connectivity index (χ2v) is 23.5. The quantitative estimate of drug-likeness (QED) is 0.0695. The van der Waals surface area contributed by atoms with Crippen LogP contribution in [0.5, 0.6) is 0 Å². The van der Waals surface area contributed by atoms with Crippen LogP contribution in [0.25, 0.3) is 0 Å². The molecule has 0 bridgehead atoms. The van der Waals surface area contributed by atoms with Gasteiger partial charge in [0.25, 0.3) is 0 Å². The number of rotatable bonds is 13. The predicted molar refractivity (Wildman–Crippen MR) is 236 cm³/mol. The van der Waals surface area contributed by atoms with E-state index in [0.29, 0.717) is 25.7 Å². The summed E-state index contributed by atoms with van der Waals surface area (Å²) in [6.07, 6.45) is -20.0. The maximum absolute atomic E-state index is 12.7. The van der Waals surface area contributed by atoms with Crippen LogP contribution in [-0.4, -0.2) is 213 Å². The van der Waals surface area contributed by atoms with Gasteiger partial charge in [-0.15, -0.1) is 0 Å². The molecule has 26 atom stereocenters. The van der Waals surface area contributed by atoms with Crippen molar-refractivity contribution in [2.24, 2.45) is 45.3 Å². The summed E-state index contributed by atoms with van der Waals surface area (Å²) >= 11 is 0. The Morgan fingerprint density at radius 3 is 1.66 bits per heavy atom. The topological polar surface area (TPSA) is 339 Å². The van der Waals surface area contributed by atoms with Crippen LogP contribution in [-0.2, 0) is 28.4 Å². The Morgan fingerprint density at radius 1 is 0.588 bits per heavy atom. The smallest absolute Gasteiger partial charge is 0.187 e. The van der Waals surface area contributed by atoms with Crippen LogP contribution in [0.3, 0.4) is 0 Å². The van der Waals surface area contributed by atoms with Crippen LogP contribution in [0.1, 0.15) is 100 Å². The monoisotopic (exact) mass is 979 g/mol. The first-order chi connectivity index (χ1) is 31.5. The minimum absolute atomic E-state index is 0.115. The Labute approximate surface area is 398 Å². The molecular formula is C48H82O20. The molecular weight excluding hydrogens is 897 g/mol. The first kappa shape index (κ1) is 54.7.